The van der Waals surface area contributed by atoms with Crippen molar-refractivity contribution < 1.29 is 0 Å². The Kier molecular flexibility index (Phi) is 6.38. The number of hydrogen-bond acceptors (Lipinski definition) is 2. The molecule has 0 heterocycles. The molecule has 0 aromatic rings. The zero-order valence-corrected chi connectivity index (χ0v) is 10.6. The van der Waals surface area contributed by atoms with Gasteiger partial charge in [-0.25, -0.2) is 0 Å². The van der Waals surface area contributed by atoms with Gasteiger partial charge in [-0.15, -0.1) is 0 Å². The van der Waals surface area contributed by atoms with Crippen LogP contribution in [0.2, 0.25) is 0 Å². The maximum absolute atomic E-state index is 5.87. The van der Waals surface area contributed by atoms with Crippen molar-refractivity contribution in [3.05, 3.63) is 0 Å². The summed E-state index contributed by atoms with van der Waals surface area (Å²) in [5.41, 5.74) is 6.27. The van der Waals surface area contributed by atoms with Crippen LogP contribution < -0.4 is 5.73 Å². The number of nitrogens with two attached hydrogens (primary N) is 1. The van der Waals surface area contributed by atoms with Crippen LogP contribution in [0.15, 0.2) is 0 Å². The minimum absolute atomic E-state index is 0.401. The highest BCUT2D eigenvalue weighted by atomic mass is 15.1. The Balaban J connectivity index is 3.50. The lowest BCUT2D eigenvalue weighted by molar-refractivity contribution is 0.222. The molecule has 0 saturated heterocycles. The quantitative estimate of drug-likeness (QED) is 0.714. The Morgan fingerprint density at radius 2 is 1.86 bits per heavy atom. The maximum atomic E-state index is 5.87. The van der Waals surface area contributed by atoms with Crippen LogP contribution in [0.5, 0.6) is 0 Å². The molecule has 86 valence electrons. The number of nitrogens with zero attached hydrogens (tertiary/aromatic N) is 1. The largest absolute Gasteiger partial charge is 0.328 e. The van der Waals surface area contributed by atoms with Gasteiger partial charge >= 0.3 is 0 Å². The minimum atomic E-state index is 0.401. The fraction of sp³-hybridized carbons (Fsp3) is 1.00. The van der Waals surface area contributed by atoms with Crippen molar-refractivity contribution in [2.45, 2.75) is 53.0 Å². The first-order valence-corrected chi connectivity index (χ1v) is 5.79. The molecule has 2 heteroatoms. The molecule has 0 aliphatic heterocycles. The van der Waals surface area contributed by atoms with E-state index in [0.717, 1.165) is 19.4 Å². The molecule has 0 rings (SSSR count). The van der Waals surface area contributed by atoms with Gasteiger partial charge in [0.2, 0.25) is 0 Å². The van der Waals surface area contributed by atoms with Gasteiger partial charge in [-0.2, -0.15) is 0 Å². The third-order valence-electron chi connectivity index (χ3n) is 2.38. The molecule has 0 amide bonds. The normalized spacial score (nSPS) is 14.8. The van der Waals surface area contributed by atoms with Crippen molar-refractivity contribution in [3.8, 4) is 0 Å². The molecule has 0 saturated carbocycles. The SMILES string of the molecule is CCC(N)CCCN(C)CC(C)(C)C. The predicted octanol–water partition coefficient (Wildman–Crippen LogP) is 2.48. The summed E-state index contributed by atoms with van der Waals surface area (Å²) in [5, 5.41) is 0. The van der Waals surface area contributed by atoms with Crippen molar-refractivity contribution in [1.29, 1.82) is 0 Å². The summed E-state index contributed by atoms with van der Waals surface area (Å²) in [6.45, 7) is 11.3. The smallest absolute Gasteiger partial charge is 0.00366 e. The van der Waals surface area contributed by atoms with Gasteiger partial charge in [-0.05, 0) is 38.3 Å². The summed E-state index contributed by atoms with van der Waals surface area (Å²) in [6, 6.07) is 0.401. The van der Waals surface area contributed by atoms with Crippen molar-refractivity contribution in [1.82, 2.24) is 4.90 Å². The Hall–Kier alpha value is -0.0800. The number of rotatable bonds is 6. The van der Waals surface area contributed by atoms with Gasteiger partial charge in [-0.3, -0.25) is 0 Å². The zero-order chi connectivity index (χ0) is 11.2. The van der Waals surface area contributed by atoms with E-state index in [0.29, 0.717) is 11.5 Å². The highest BCUT2D eigenvalue weighted by Crippen LogP contribution is 2.14. The van der Waals surface area contributed by atoms with Gasteiger partial charge in [-0.1, -0.05) is 27.7 Å². The van der Waals surface area contributed by atoms with Gasteiger partial charge in [0.15, 0.2) is 0 Å². The second-order valence-electron chi connectivity index (χ2n) is 5.61. The fourth-order valence-electron chi connectivity index (χ4n) is 1.72. The Labute approximate surface area is 89.9 Å². The minimum Gasteiger partial charge on any atom is -0.328 e. The predicted molar refractivity (Wildman–Crippen MR) is 64.5 cm³/mol. The average Bonchev–Trinajstić information content (AvgIpc) is 2.00. The molecule has 0 aliphatic rings. The van der Waals surface area contributed by atoms with Crippen LogP contribution in [0, 0.1) is 5.41 Å². The summed E-state index contributed by atoms with van der Waals surface area (Å²) < 4.78 is 0. The molecule has 1 atom stereocenters. The zero-order valence-electron chi connectivity index (χ0n) is 10.6. The van der Waals surface area contributed by atoms with Gasteiger partial charge in [0.05, 0.1) is 0 Å². The topological polar surface area (TPSA) is 29.3 Å². The van der Waals surface area contributed by atoms with E-state index in [1.165, 1.54) is 13.0 Å². The Bertz CT molecular complexity index is 138. The van der Waals surface area contributed by atoms with E-state index in [1.54, 1.807) is 0 Å². The summed E-state index contributed by atoms with van der Waals surface area (Å²) >= 11 is 0. The van der Waals surface area contributed by atoms with E-state index in [2.05, 4.69) is 39.6 Å². The van der Waals surface area contributed by atoms with E-state index in [4.69, 9.17) is 5.73 Å². The molecule has 0 spiro atoms. The standard InChI is InChI=1S/C12H28N2/c1-6-11(13)8-7-9-14(5)10-12(2,3)4/h11H,6-10,13H2,1-5H3. The molecule has 0 fully saturated rings. The van der Waals surface area contributed by atoms with E-state index >= 15 is 0 Å². The molecule has 0 aliphatic carbocycles. The molecule has 0 aromatic carbocycles. The highest BCUT2D eigenvalue weighted by molar-refractivity contribution is 4.67. The van der Waals surface area contributed by atoms with Crippen LogP contribution in [-0.2, 0) is 0 Å². The van der Waals surface area contributed by atoms with Crippen molar-refractivity contribution in [3.63, 3.8) is 0 Å². The van der Waals surface area contributed by atoms with Crippen LogP contribution in [0.3, 0.4) is 0 Å². The lowest BCUT2D eigenvalue weighted by atomic mass is 9.96. The van der Waals surface area contributed by atoms with Gasteiger partial charge in [0.1, 0.15) is 0 Å². The molecule has 0 aromatic heterocycles. The van der Waals surface area contributed by atoms with Crippen LogP contribution in [0.4, 0.5) is 0 Å². The van der Waals surface area contributed by atoms with E-state index in [9.17, 15) is 0 Å². The van der Waals surface area contributed by atoms with Crippen LogP contribution in [-0.4, -0.2) is 31.1 Å². The molecular formula is C12H28N2. The van der Waals surface area contributed by atoms with Crippen LogP contribution in [0.25, 0.3) is 0 Å². The third kappa shape index (κ3) is 8.52. The summed E-state index contributed by atoms with van der Waals surface area (Å²) in [7, 11) is 2.20. The maximum Gasteiger partial charge on any atom is 0.00366 e. The Morgan fingerprint density at radius 1 is 1.29 bits per heavy atom. The van der Waals surface area contributed by atoms with Crippen molar-refractivity contribution >= 4 is 0 Å². The van der Waals surface area contributed by atoms with Crippen LogP contribution >= 0.6 is 0 Å². The molecule has 2 nitrogen and oxygen atoms in total. The molecule has 2 N–H and O–H groups in total. The first-order valence-electron chi connectivity index (χ1n) is 5.79. The molecule has 1 unspecified atom stereocenters. The van der Waals surface area contributed by atoms with E-state index in [1.807, 2.05) is 0 Å². The third-order valence-corrected chi connectivity index (χ3v) is 2.38. The summed E-state index contributed by atoms with van der Waals surface area (Å²) in [5.74, 6) is 0. The van der Waals surface area contributed by atoms with Crippen molar-refractivity contribution in [2.75, 3.05) is 20.1 Å². The molecule has 0 radical (unpaired) electrons. The van der Waals surface area contributed by atoms with E-state index in [-0.39, 0.29) is 0 Å². The highest BCUT2D eigenvalue weighted by Gasteiger charge is 2.13. The van der Waals surface area contributed by atoms with Crippen LogP contribution in [0.1, 0.15) is 47.0 Å². The lowest BCUT2D eigenvalue weighted by Crippen LogP contribution is -2.31. The summed E-state index contributed by atoms with van der Waals surface area (Å²) in [4.78, 5) is 2.41. The fourth-order valence-corrected chi connectivity index (χ4v) is 1.72. The monoisotopic (exact) mass is 200 g/mol. The first kappa shape index (κ1) is 13.9. The molecular weight excluding hydrogens is 172 g/mol. The van der Waals surface area contributed by atoms with Gasteiger partial charge in [0.25, 0.3) is 0 Å². The van der Waals surface area contributed by atoms with E-state index < -0.39 is 0 Å². The second kappa shape index (κ2) is 6.41. The first-order chi connectivity index (χ1) is 6.35. The van der Waals surface area contributed by atoms with Crippen molar-refractivity contribution in [2.24, 2.45) is 11.1 Å². The average molecular weight is 200 g/mol. The molecule has 0 bridgehead atoms. The number of hydrogen-bond donors (Lipinski definition) is 1. The lowest BCUT2D eigenvalue weighted by Gasteiger charge is -2.26. The second-order valence-corrected chi connectivity index (χ2v) is 5.61. The van der Waals surface area contributed by atoms with Gasteiger partial charge < -0.3 is 10.6 Å². The van der Waals surface area contributed by atoms with Gasteiger partial charge in [0, 0.05) is 12.6 Å². The summed E-state index contributed by atoms with van der Waals surface area (Å²) in [6.07, 6.45) is 3.48. The molecule has 14 heavy (non-hydrogen) atoms. The Morgan fingerprint density at radius 3 is 2.29 bits per heavy atom.